The Morgan fingerprint density at radius 1 is 0.900 bits per heavy atom. The molecule has 0 atom stereocenters. The first-order valence-corrected chi connectivity index (χ1v) is 6.80. The van der Waals surface area contributed by atoms with Gasteiger partial charge >= 0.3 is 0 Å². The number of hydrogen-bond acceptors (Lipinski definition) is 1. The van der Waals surface area contributed by atoms with E-state index in [4.69, 9.17) is 0 Å². The lowest BCUT2D eigenvalue weighted by atomic mass is 9.94. The summed E-state index contributed by atoms with van der Waals surface area (Å²) in [6, 6.07) is 22.9. The molecule has 0 saturated carbocycles. The van der Waals surface area contributed by atoms with Gasteiger partial charge in [-0.3, -0.25) is 4.79 Å². The summed E-state index contributed by atoms with van der Waals surface area (Å²) in [6.07, 6.45) is 0.491. The lowest BCUT2D eigenvalue weighted by molar-refractivity contribution is -0.116. The van der Waals surface area contributed by atoms with E-state index in [1.54, 1.807) is 6.92 Å². The zero-order valence-electron chi connectivity index (χ0n) is 11.5. The van der Waals surface area contributed by atoms with Crippen molar-refractivity contribution in [3.8, 4) is 11.1 Å². The van der Waals surface area contributed by atoms with Gasteiger partial charge in [-0.15, -0.1) is 0 Å². The van der Waals surface area contributed by atoms with Crippen LogP contribution in [0, 0.1) is 0 Å². The third-order valence-electron chi connectivity index (χ3n) is 3.46. The van der Waals surface area contributed by atoms with E-state index in [1.807, 2.05) is 24.3 Å². The maximum absolute atomic E-state index is 11.4. The van der Waals surface area contributed by atoms with Gasteiger partial charge in [0.05, 0.1) is 0 Å². The molecule has 1 heteroatoms. The van der Waals surface area contributed by atoms with Gasteiger partial charge in [-0.05, 0) is 34.4 Å². The molecule has 98 valence electrons. The van der Waals surface area contributed by atoms with Crippen LogP contribution in [0.2, 0.25) is 0 Å². The molecule has 0 saturated heterocycles. The first-order valence-electron chi connectivity index (χ1n) is 6.80. The highest BCUT2D eigenvalue weighted by atomic mass is 16.1. The van der Waals surface area contributed by atoms with E-state index in [-0.39, 0.29) is 5.78 Å². The molecule has 3 aromatic carbocycles. The molecule has 0 radical (unpaired) electrons. The summed E-state index contributed by atoms with van der Waals surface area (Å²) in [5.41, 5.74) is 3.46. The largest absolute Gasteiger partial charge is 0.300 e. The topological polar surface area (TPSA) is 17.1 Å². The Morgan fingerprint density at radius 3 is 2.35 bits per heavy atom. The van der Waals surface area contributed by atoms with Crippen molar-refractivity contribution in [1.82, 2.24) is 0 Å². The van der Waals surface area contributed by atoms with Crippen molar-refractivity contribution in [2.75, 3.05) is 0 Å². The van der Waals surface area contributed by atoms with Gasteiger partial charge in [-0.2, -0.15) is 0 Å². The lowest BCUT2D eigenvalue weighted by Gasteiger charge is -2.10. The van der Waals surface area contributed by atoms with Crippen molar-refractivity contribution in [3.05, 3.63) is 72.3 Å². The summed E-state index contributed by atoms with van der Waals surface area (Å²) >= 11 is 0. The predicted octanol–water partition coefficient (Wildman–Crippen LogP) is 4.64. The monoisotopic (exact) mass is 260 g/mol. The van der Waals surface area contributed by atoms with Crippen molar-refractivity contribution in [2.45, 2.75) is 13.3 Å². The van der Waals surface area contributed by atoms with Crippen molar-refractivity contribution in [3.63, 3.8) is 0 Å². The molecule has 3 aromatic rings. The van der Waals surface area contributed by atoms with Crippen molar-refractivity contribution < 1.29 is 4.79 Å². The number of rotatable bonds is 3. The Balaban J connectivity index is 2.25. The highest BCUT2D eigenvalue weighted by Gasteiger charge is 2.07. The minimum atomic E-state index is 0.194. The fraction of sp³-hybridized carbons (Fsp3) is 0.105. The summed E-state index contributed by atoms with van der Waals surface area (Å²) in [5, 5.41) is 2.41. The molecule has 0 bridgehead atoms. The van der Waals surface area contributed by atoms with Gasteiger partial charge in [0, 0.05) is 6.42 Å². The second kappa shape index (κ2) is 5.30. The van der Waals surface area contributed by atoms with Gasteiger partial charge in [-0.25, -0.2) is 0 Å². The first kappa shape index (κ1) is 12.6. The maximum atomic E-state index is 11.4. The molecule has 0 aromatic heterocycles. The Labute approximate surface area is 118 Å². The van der Waals surface area contributed by atoms with Crippen LogP contribution in [0.1, 0.15) is 12.5 Å². The molecule has 0 aliphatic heterocycles. The van der Waals surface area contributed by atoms with Crippen LogP contribution in [-0.4, -0.2) is 5.78 Å². The molecule has 0 N–H and O–H groups in total. The van der Waals surface area contributed by atoms with Gasteiger partial charge in [0.2, 0.25) is 0 Å². The van der Waals surface area contributed by atoms with Crippen molar-refractivity contribution >= 4 is 16.6 Å². The lowest BCUT2D eigenvalue weighted by Crippen LogP contribution is -1.97. The number of Topliss-reactive ketones (excluding diaryl/α,β-unsaturated/α-hetero) is 1. The van der Waals surface area contributed by atoms with E-state index in [0.29, 0.717) is 6.42 Å². The van der Waals surface area contributed by atoms with Crippen molar-refractivity contribution in [2.24, 2.45) is 0 Å². The minimum Gasteiger partial charge on any atom is -0.300 e. The third kappa shape index (κ3) is 2.48. The third-order valence-corrected chi connectivity index (χ3v) is 3.46. The molecule has 20 heavy (non-hydrogen) atoms. The summed E-state index contributed by atoms with van der Waals surface area (Å²) < 4.78 is 0. The van der Waals surface area contributed by atoms with Gasteiger partial charge in [-0.1, -0.05) is 66.7 Å². The quantitative estimate of drug-likeness (QED) is 0.670. The van der Waals surface area contributed by atoms with E-state index >= 15 is 0 Å². The minimum absolute atomic E-state index is 0.194. The van der Waals surface area contributed by atoms with Gasteiger partial charge in [0.1, 0.15) is 5.78 Å². The SMILES string of the molecule is CC(=O)Cc1cc(-c2ccccc2)c2ccccc2c1. The molecule has 0 aliphatic carbocycles. The molecule has 0 amide bonds. The van der Waals surface area contributed by atoms with Crippen LogP contribution < -0.4 is 0 Å². The second-order valence-corrected chi connectivity index (χ2v) is 5.11. The molecule has 3 rings (SSSR count). The van der Waals surface area contributed by atoms with Gasteiger partial charge < -0.3 is 0 Å². The highest BCUT2D eigenvalue weighted by Crippen LogP contribution is 2.30. The highest BCUT2D eigenvalue weighted by molar-refractivity contribution is 5.98. The first-order chi connectivity index (χ1) is 9.74. The zero-order valence-corrected chi connectivity index (χ0v) is 11.5. The van der Waals surface area contributed by atoms with Gasteiger partial charge in [0.25, 0.3) is 0 Å². The summed E-state index contributed by atoms with van der Waals surface area (Å²) in [5.74, 6) is 0.194. The summed E-state index contributed by atoms with van der Waals surface area (Å²) in [7, 11) is 0. The Hall–Kier alpha value is -2.41. The van der Waals surface area contributed by atoms with Gasteiger partial charge in [0.15, 0.2) is 0 Å². The van der Waals surface area contributed by atoms with Crippen LogP contribution >= 0.6 is 0 Å². The number of ketones is 1. The molecular weight excluding hydrogens is 244 g/mol. The van der Waals surface area contributed by atoms with Crippen molar-refractivity contribution in [1.29, 1.82) is 0 Å². The van der Waals surface area contributed by atoms with E-state index < -0.39 is 0 Å². The summed E-state index contributed by atoms with van der Waals surface area (Å²) in [4.78, 5) is 11.4. The van der Waals surface area contributed by atoms with E-state index in [0.717, 1.165) is 5.56 Å². The fourth-order valence-corrected chi connectivity index (χ4v) is 2.62. The van der Waals surface area contributed by atoms with Crippen LogP contribution in [0.3, 0.4) is 0 Å². The average molecular weight is 260 g/mol. The van der Waals surface area contributed by atoms with E-state index in [2.05, 4.69) is 42.5 Å². The number of carbonyl (C=O) groups is 1. The van der Waals surface area contributed by atoms with Crippen LogP contribution in [0.4, 0.5) is 0 Å². The number of hydrogen-bond donors (Lipinski definition) is 0. The van der Waals surface area contributed by atoms with Crippen LogP contribution in [0.5, 0.6) is 0 Å². The molecule has 0 aliphatic rings. The predicted molar refractivity (Wildman–Crippen MR) is 83.8 cm³/mol. The molecular formula is C19H16O. The molecule has 0 heterocycles. The van der Waals surface area contributed by atoms with E-state index in [9.17, 15) is 4.79 Å². The Morgan fingerprint density at radius 2 is 1.60 bits per heavy atom. The maximum Gasteiger partial charge on any atom is 0.134 e. The summed E-state index contributed by atoms with van der Waals surface area (Å²) in [6.45, 7) is 1.64. The van der Waals surface area contributed by atoms with Crippen LogP contribution in [0.15, 0.2) is 66.7 Å². The fourth-order valence-electron chi connectivity index (χ4n) is 2.62. The average Bonchev–Trinajstić information content (AvgIpc) is 2.47. The second-order valence-electron chi connectivity index (χ2n) is 5.11. The molecule has 1 nitrogen and oxygen atoms in total. The molecule has 0 spiro atoms. The standard InChI is InChI=1S/C19H16O/c1-14(20)11-15-12-17-9-5-6-10-18(17)19(13-15)16-7-3-2-4-8-16/h2-10,12-13H,11H2,1H3. The smallest absolute Gasteiger partial charge is 0.134 e. The van der Waals surface area contributed by atoms with Crippen LogP contribution in [0.25, 0.3) is 21.9 Å². The Kier molecular flexibility index (Phi) is 3.34. The Bertz CT molecular complexity index is 757. The normalized spacial score (nSPS) is 10.7. The van der Waals surface area contributed by atoms with Crippen LogP contribution in [-0.2, 0) is 11.2 Å². The zero-order chi connectivity index (χ0) is 13.9. The molecule has 0 unspecified atom stereocenters. The molecule has 0 fully saturated rings. The number of benzene rings is 3. The number of fused-ring (bicyclic) bond motifs is 1. The number of carbonyl (C=O) groups excluding carboxylic acids is 1. The van der Waals surface area contributed by atoms with E-state index in [1.165, 1.54) is 21.9 Å².